The van der Waals surface area contributed by atoms with Crippen molar-refractivity contribution in [1.82, 2.24) is 15.5 Å². The van der Waals surface area contributed by atoms with Crippen LogP contribution in [0.2, 0.25) is 0 Å². The van der Waals surface area contributed by atoms with Crippen LogP contribution >= 0.6 is 12.4 Å². The molecule has 0 bridgehead atoms. The number of hydrogen-bond donors (Lipinski definition) is 2. The van der Waals surface area contributed by atoms with Crippen LogP contribution in [0.15, 0.2) is 24.3 Å². The molecule has 2 heterocycles. The molecule has 22 heavy (non-hydrogen) atoms. The number of rotatable bonds is 5. The molecule has 5 heteroatoms. The molecule has 2 N–H and O–H groups in total. The number of amides is 1. The van der Waals surface area contributed by atoms with Crippen LogP contribution < -0.4 is 10.6 Å². The van der Waals surface area contributed by atoms with Gasteiger partial charge in [0.25, 0.3) is 0 Å². The molecule has 1 aromatic carbocycles. The van der Waals surface area contributed by atoms with E-state index >= 15 is 0 Å². The standard InChI is InChI=1S/C17H25N3O.ClH/c21-17(16-7-3-9-18-16)19-10-4-11-20-12-8-14-5-1-2-6-15(14)13-20;/h1-2,5-6,16,18H,3-4,7-13H2,(H,19,21);1H. The molecule has 122 valence electrons. The van der Waals surface area contributed by atoms with Gasteiger partial charge in [-0.3, -0.25) is 9.69 Å². The highest BCUT2D eigenvalue weighted by Gasteiger charge is 2.21. The van der Waals surface area contributed by atoms with E-state index in [9.17, 15) is 4.79 Å². The van der Waals surface area contributed by atoms with Crippen molar-refractivity contribution in [3.63, 3.8) is 0 Å². The largest absolute Gasteiger partial charge is 0.355 e. The van der Waals surface area contributed by atoms with Crippen molar-refractivity contribution < 1.29 is 4.79 Å². The Kier molecular flexibility index (Phi) is 6.68. The van der Waals surface area contributed by atoms with Gasteiger partial charge in [0.1, 0.15) is 0 Å². The summed E-state index contributed by atoms with van der Waals surface area (Å²) in [4.78, 5) is 14.4. The number of carbonyl (C=O) groups is 1. The second kappa shape index (κ2) is 8.51. The third kappa shape index (κ3) is 4.45. The van der Waals surface area contributed by atoms with Gasteiger partial charge in [0.05, 0.1) is 6.04 Å². The Morgan fingerprint density at radius 1 is 1.32 bits per heavy atom. The monoisotopic (exact) mass is 323 g/mol. The minimum atomic E-state index is 0. The van der Waals surface area contributed by atoms with Crippen LogP contribution in [0.5, 0.6) is 0 Å². The van der Waals surface area contributed by atoms with Gasteiger partial charge in [-0.2, -0.15) is 0 Å². The van der Waals surface area contributed by atoms with E-state index in [2.05, 4.69) is 39.8 Å². The molecule has 1 aromatic rings. The van der Waals surface area contributed by atoms with E-state index < -0.39 is 0 Å². The van der Waals surface area contributed by atoms with Gasteiger partial charge in [-0.25, -0.2) is 0 Å². The van der Waals surface area contributed by atoms with Gasteiger partial charge in [-0.15, -0.1) is 12.4 Å². The van der Waals surface area contributed by atoms with Gasteiger partial charge in [-0.05, 0) is 43.4 Å². The third-order valence-corrected chi connectivity index (χ3v) is 4.54. The molecular weight excluding hydrogens is 298 g/mol. The highest BCUT2D eigenvalue weighted by atomic mass is 35.5. The third-order valence-electron chi connectivity index (χ3n) is 4.54. The number of fused-ring (bicyclic) bond motifs is 1. The van der Waals surface area contributed by atoms with E-state index in [0.29, 0.717) is 0 Å². The van der Waals surface area contributed by atoms with Crippen molar-refractivity contribution in [2.75, 3.05) is 26.2 Å². The summed E-state index contributed by atoms with van der Waals surface area (Å²) in [6, 6.07) is 8.77. The van der Waals surface area contributed by atoms with Crippen molar-refractivity contribution in [1.29, 1.82) is 0 Å². The van der Waals surface area contributed by atoms with Gasteiger partial charge in [0.2, 0.25) is 5.91 Å². The quantitative estimate of drug-likeness (QED) is 0.811. The van der Waals surface area contributed by atoms with Gasteiger partial charge >= 0.3 is 0 Å². The summed E-state index contributed by atoms with van der Waals surface area (Å²) in [5, 5.41) is 6.29. The molecule has 0 spiro atoms. The first-order valence-electron chi connectivity index (χ1n) is 8.13. The van der Waals surface area contributed by atoms with Crippen molar-refractivity contribution >= 4 is 18.3 Å². The van der Waals surface area contributed by atoms with E-state index in [4.69, 9.17) is 0 Å². The maximum absolute atomic E-state index is 11.9. The lowest BCUT2D eigenvalue weighted by Crippen LogP contribution is -2.41. The van der Waals surface area contributed by atoms with Crippen molar-refractivity contribution in [2.24, 2.45) is 0 Å². The Bertz CT molecular complexity index is 489. The van der Waals surface area contributed by atoms with Crippen LogP contribution in [0.3, 0.4) is 0 Å². The second-order valence-electron chi connectivity index (χ2n) is 6.09. The molecule has 0 radical (unpaired) electrons. The summed E-state index contributed by atoms with van der Waals surface area (Å²) < 4.78 is 0. The first kappa shape index (κ1) is 17.3. The molecule has 0 aromatic heterocycles. The Morgan fingerprint density at radius 2 is 2.14 bits per heavy atom. The number of halogens is 1. The number of nitrogens with one attached hydrogen (secondary N) is 2. The highest BCUT2D eigenvalue weighted by molar-refractivity contribution is 5.85. The number of benzene rings is 1. The maximum atomic E-state index is 11.9. The van der Waals surface area contributed by atoms with E-state index in [-0.39, 0.29) is 24.4 Å². The second-order valence-corrected chi connectivity index (χ2v) is 6.09. The predicted octanol–water partition coefficient (Wildman–Crippen LogP) is 1.72. The fourth-order valence-electron chi connectivity index (χ4n) is 3.29. The summed E-state index contributed by atoms with van der Waals surface area (Å²) in [7, 11) is 0. The van der Waals surface area contributed by atoms with Gasteiger partial charge in [-0.1, -0.05) is 24.3 Å². The van der Waals surface area contributed by atoms with Crippen LogP contribution in [-0.4, -0.2) is 43.0 Å². The smallest absolute Gasteiger partial charge is 0.237 e. The number of nitrogens with zero attached hydrogens (tertiary/aromatic N) is 1. The Labute approximate surface area is 139 Å². The minimum absolute atomic E-state index is 0. The molecular formula is C17H26ClN3O. The predicted molar refractivity (Wildman–Crippen MR) is 91.3 cm³/mol. The van der Waals surface area contributed by atoms with Crippen molar-refractivity contribution in [3.8, 4) is 0 Å². The number of hydrogen-bond acceptors (Lipinski definition) is 3. The summed E-state index contributed by atoms with van der Waals surface area (Å²) in [6.45, 7) is 5.01. The lowest BCUT2D eigenvalue weighted by atomic mass is 10.00. The van der Waals surface area contributed by atoms with Gasteiger partial charge < -0.3 is 10.6 Å². The van der Waals surface area contributed by atoms with Gasteiger partial charge in [0, 0.05) is 26.2 Å². The Hall–Kier alpha value is -1.10. The van der Waals surface area contributed by atoms with E-state index in [1.165, 1.54) is 11.1 Å². The van der Waals surface area contributed by atoms with Crippen LogP contribution in [0.1, 0.15) is 30.4 Å². The molecule has 1 atom stereocenters. The molecule has 1 saturated heterocycles. The van der Waals surface area contributed by atoms with E-state index in [1.807, 2.05) is 0 Å². The highest BCUT2D eigenvalue weighted by Crippen LogP contribution is 2.18. The number of carbonyl (C=O) groups excluding carboxylic acids is 1. The average molecular weight is 324 g/mol. The normalized spacial score (nSPS) is 21.0. The summed E-state index contributed by atoms with van der Waals surface area (Å²) in [6.07, 6.45) is 4.27. The molecule has 2 aliphatic heterocycles. The molecule has 4 nitrogen and oxygen atoms in total. The summed E-state index contributed by atoms with van der Waals surface area (Å²) >= 11 is 0. The lowest BCUT2D eigenvalue weighted by molar-refractivity contribution is -0.122. The molecule has 1 unspecified atom stereocenters. The van der Waals surface area contributed by atoms with Crippen molar-refractivity contribution in [2.45, 2.75) is 38.3 Å². The first-order valence-corrected chi connectivity index (χ1v) is 8.13. The van der Waals surface area contributed by atoms with Crippen LogP contribution in [0, 0.1) is 0 Å². The summed E-state index contributed by atoms with van der Waals surface area (Å²) in [5.41, 5.74) is 2.96. The zero-order valence-corrected chi connectivity index (χ0v) is 13.8. The van der Waals surface area contributed by atoms with E-state index in [0.717, 1.165) is 58.4 Å². The van der Waals surface area contributed by atoms with Crippen LogP contribution in [0.4, 0.5) is 0 Å². The fraction of sp³-hybridized carbons (Fsp3) is 0.588. The fourth-order valence-corrected chi connectivity index (χ4v) is 3.29. The zero-order chi connectivity index (χ0) is 14.5. The van der Waals surface area contributed by atoms with Crippen LogP contribution in [0.25, 0.3) is 0 Å². The SMILES string of the molecule is Cl.O=C(NCCCN1CCc2ccccc2C1)C1CCCN1. The average Bonchev–Trinajstić information content (AvgIpc) is 3.06. The molecule has 0 aliphatic carbocycles. The molecule has 0 saturated carbocycles. The van der Waals surface area contributed by atoms with E-state index in [1.54, 1.807) is 0 Å². The lowest BCUT2D eigenvalue weighted by Gasteiger charge is -2.28. The first-order chi connectivity index (χ1) is 10.3. The molecule has 3 rings (SSSR count). The zero-order valence-electron chi connectivity index (χ0n) is 13.0. The minimum Gasteiger partial charge on any atom is -0.355 e. The summed E-state index contributed by atoms with van der Waals surface area (Å²) in [5.74, 6) is 0.177. The van der Waals surface area contributed by atoms with Gasteiger partial charge in [0.15, 0.2) is 0 Å². The van der Waals surface area contributed by atoms with Crippen LogP contribution in [-0.2, 0) is 17.8 Å². The molecule has 1 amide bonds. The maximum Gasteiger partial charge on any atom is 0.237 e. The topological polar surface area (TPSA) is 44.4 Å². The molecule has 1 fully saturated rings. The van der Waals surface area contributed by atoms with Crippen molar-refractivity contribution in [3.05, 3.63) is 35.4 Å². The Morgan fingerprint density at radius 3 is 2.91 bits per heavy atom. The molecule has 2 aliphatic rings. The Balaban J connectivity index is 0.00000176.